The standard InChI is InChI=1S/C24H25FN4O6/c1-4-34-23(31)21-14(2)27-24(32)28-22(21)16-7-10-18(19(11-16)33-3)35-13-20(30)29-26-12-15-5-8-17(25)9-6-15/h5-12,22H,4,13H2,1-3H3,(H,29,30)(H2,27,28,32)/b26-12+. The zero-order chi connectivity index (χ0) is 25.4. The van der Waals surface area contributed by atoms with E-state index in [9.17, 15) is 18.8 Å². The van der Waals surface area contributed by atoms with Gasteiger partial charge in [0, 0.05) is 5.70 Å². The Bertz CT molecular complexity index is 1160. The zero-order valence-corrected chi connectivity index (χ0v) is 19.4. The fourth-order valence-electron chi connectivity index (χ4n) is 3.31. The molecule has 2 aromatic rings. The minimum atomic E-state index is -0.769. The van der Waals surface area contributed by atoms with Crippen molar-refractivity contribution in [3.05, 3.63) is 70.7 Å². The number of hydrogen-bond donors (Lipinski definition) is 3. The van der Waals surface area contributed by atoms with Crippen molar-refractivity contribution in [1.29, 1.82) is 0 Å². The molecule has 1 unspecified atom stereocenters. The topological polar surface area (TPSA) is 127 Å². The Morgan fingerprint density at radius 2 is 1.91 bits per heavy atom. The van der Waals surface area contributed by atoms with Gasteiger partial charge in [-0.2, -0.15) is 5.10 Å². The molecule has 11 heteroatoms. The molecule has 3 rings (SSSR count). The van der Waals surface area contributed by atoms with Gasteiger partial charge < -0.3 is 24.8 Å². The van der Waals surface area contributed by atoms with E-state index in [1.807, 2.05) is 0 Å². The molecule has 1 atom stereocenters. The third kappa shape index (κ3) is 6.56. The molecule has 2 aromatic carbocycles. The molecule has 0 aliphatic carbocycles. The lowest BCUT2D eigenvalue weighted by Crippen LogP contribution is -2.45. The average molecular weight is 484 g/mol. The Balaban J connectivity index is 1.69. The van der Waals surface area contributed by atoms with Crippen LogP contribution in [0.3, 0.4) is 0 Å². The largest absolute Gasteiger partial charge is 0.493 e. The number of methoxy groups -OCH3 is 1. The number of urea groups is 1. The zero-order valence-electron chi connectivity index (χ0n) is 19.4. The minimum absolute atomic E-state index is 0.183. The summed E-state index contributed by atoms with van der Waals surface area (Å²) in [6.07, 6.45) is 1.37. The van der Waals surface area contributed by atoms with Crippen LogP contribution in [0.15, 0.2) is 58.8 Å². The lowest BCUT2D eigenvalue weighted by molar-refractivity contribution is -0.139. The lowest BCUT2D eigenvalue weighted by Gasteiger charge is -2.28. The Morgan fingerprint density at radius 3 is 2.60 bits per heavy atom. The van der Waals surface area contributed by atoms with Gasteiger partial charge in [0.1, 0.15) is 5.82 Å². The van der Waals surface area contributed by atoms with Crippen LogP contribution in [0.4, 0.5) is 9.18 Å². The monoisotopic (exact) mass is 484 g/mol. The number of hydrogen-bond acceptors (Lipinski definition) is 7. The molecule has 10 nitrogen and oxygen atoms in total. The number of ether oxygens (including phenoxy) is 3. The highest BCUT2D eigenvalue weighted by molar-refractivity contribution is 5.95. The van der Waals surface area contributed by atoms with Crippen LogP contribution in [0.1, 0.15) is 31.0 Å². The van der Waals surface area contributed by atoms with Gasteiger partial charge in [0.05, 0.1) is 31.5 Å². The number of amides is 3. The maximum atomic E-state index is 12.9. The average Bonchev–Trinajstić information content (AvgIpc) is 2.83. The first-order valence-corrected chi connectivity index (χ1v) is 10.7. The number of halogens is 1. The number of benzene rings is 2. The van der Waals surface area contributed by atoms with Crippen LogP contribution in [-0.2, 0) is 14.3 Å². The van der Waals surface area contributed by atoms with E-state index in [4.69, 9.17) is 14.2 Å². The third-order valence-corrected chi connectivity index (χ3v) is 4.92. The number of rotatable bonds is 9. The van der Waals surface area contributed by atoms with E-state index < -0.39 is 23.9 Å². The predicted molar refractivity (Wildman–Crippen MR) is 124 cm³/mol. The maximum Gasteiger partial charge on any atom is 0.338 e. The van der Waals surface area contributed by atoms with Gasteiger partial charge >= 0.3 is 12.0 Å². The molecule has 0 radical (unpaired) electrons. The van der Waals surface area contributed by atoms with E-state index in [0.717, 1.165) is 0 Å². The van der Waals surface area contributed by atoms with Gasteiger partial charge in [0.15, 0.2) is 18.1 Å². The second kappa shape index (κ2) is 11.6. The van der Waals surface area contributed by atoms with E-state index in [2.05, 4.69) is 21.2 Å². The third-order valence-electron chi connectivity index (χ3n) is 4.92. The Morgan fingerprint density at radius 1 is 1.17 bits per heavy atom. The summed E-state index contributed by atoms with van der Waals surface area (Å²) in [6, 6.07) is 9.18. The number of hydrazone groups is 1. The summed E-state index contributed by atoms with van der Waals surface area (Å²) >= 11 is 0. The molecule has 1 aliphatic rings. The molecule has 3 N–H and O–H groups in total. The molecule has 0 fully saturated rings. The minimum Gasteiger partial charge on any atom is -0.493 e. The van der Waals surface area contributed by atoms with Crippen molar-refractivity contribution in [2.24, 2.45) is 5.10 Å². The molecular formula is C24H25FN4O6. The van der Waals surface area contributed by atoms with Crippen LogP contribution in [0, 0.1) is 5.82 Å². The fourth-order valence-corrected chi connectivity index (χ4v) is 3.31. The first-order chi connectivity index (χ1) is 16.8. The SMILES string of the molecule is CCOC(=O)C1=C(C)NC(=O)NC1c1ccc(OCC(=O)N/N=C/c2ccc(F)cc2)c(OC)c1. The molecule has 3 amide bonds. The van der Waals surface area contributed by atoms with E-state index in [0.29, 0.717) is 22.6 Å². The quantitative estimate of drug-likeness (QED) is 0.285. The molecule has 184 valence electrons. The number of esters is 1. The molecule has 0 bridgehead atoms. The van der Waals surface area contributed by atoms with Gasteiger partial charge in [-0.05, 0) is 49.2 Å². The number of nitrogens with zero attached hydrogens (tertiary/aromatic N) is 1. The van der Waals surface area contributed by atoms with E-state index >= 15 is 0 Å². The maximum absolute atomic E-state index is 12.9. The van der Waals surface area contributed by atoms with Crippen LogP contribution in [0.2, 0.25) is 0 Å². The van der Waals surface area contributed by atoms with E-state index in [-0.39, 0.29) is 30.4 Å². The van der Waals surface area contributed by atoms with Crippen LogP contribution in [-0.4, -0.2) is 44.4 Å². The summed E-state index contributed by atoms with van der Waals surface area (Å²) in [5, 5.41) is 9.08. The summed E-state index contributed by atoms with van der Waals surface area (Å²) in [4.78, 5) is 36.6. The summed E-state index contributed by atoms with van der Waals surface area (Å²) < 4.78 is 29.0. The van der Waals surface area contributed by atoms with Crippen molar-refractivity contribution in [2.45, 2.75) is 19.9 Å². The van der Waals surface area contributed by atoms with Crippen LogP contribution >= 0.6 is 0 Å². The van der Waals surface area contributed by atoms with Crippen molar-refractivity contribution >= 4 is 24.1 Å². The Kier molecular flexibility index (Phi) is 8.38. The molecule has 0 saturated carbocycles. The summed E-state index contributed by atoms with van der Waals surface area (Å²) in [7, 11) is 1.42. The van der Waals surface area contributed by atoms with Gasteiger partial charge in [0.25, 0.3) is 5.91 Å². The highest BCUT2D eigenvalue weighted by atomic mass is 19.1. The van der Waals surface area contributed by atoms with Gasteiger partial charge in [-0.1, -0.05) is 18.2 Å². The molecule has 0 aromatic heterocycles. The highest BCUT2D eigenvalue weighted by Crippen LogP contribution is 2.34. The van der Waals surface area contributed by atoms with Gasteiger partial charge in [-0.3, -0.25) is 4.79 Å². The van der Waals surface area contributed by atoms with Gasteiger partial charge in [-0.15, -0.1) is 0 Å². The number of allylic oxidation sites excluding steroid dienone is 1. The molecule has 0 spiro atoms. The highest BCUT2D eigenvalue weighted by Gasteiger charge is 2.32. The summed E-state index contributed by atoms with van der Waals surface area (Å²) in [5.74, 6) is -0.889. The van der Waals surface area contributed by atoms with Crippen LogP contribution < -0.4 is 25.5 Å². The van der Waals surface area contributed by atoms with Gasteiger partial charge in [-0.25, -0.2) is 19.4 Å². The van der Waals surface area contributed by atoms with E-state index in [1.165, 1.54) is 37.6 Å². The first-order valence-electron chi connectivity index (χ1n) is 10.7. The molecule has 35 heavy (non-hydrogen) atoms. The van der Waals surface area contributed by atoms with E-state index in [1.54, 1.807) is 32.0 Å². The first kappa shape index (κ1) is 25.2. The fraction of sp³-hybridized carbons (Fsp3) is 0.250. The summed E-state index contributed by atoms with van der Waals surface area (Å²) in [5.41, 5.74) is 4.13. The van der Waals surface area contributed by atoms with Crippen molar-refractivity contribution in [1.82, 2.24) is 16.1 Å². The van der Waals surface area contributed by atoms with Crippen molar-refractivity contribution < 1.29 is 33.0 Å². The number of nitrogens with one attached hydrogen (secondary N) is 3. The molecule has 1 heterocycles. The summed E-state index contributed by atoms with van der Waals surface area (Å²) in [6.45, 7) is 3.14. The molecule has 0 saturated heterocycles. The molecule has 1 aliphatic heterocycles. The normalized spacial score (nSPS) is 15.3. The van der Waals surface area contributed by atoms with Crippen LogP contribution in [0.25, 0.3) is 0 Å². The van der Waals surface area contributed by atoms with Crippen molar-refractivity contribution in [3.63, 3.8) is 0 Å². The smallest absolute Gasteiger partial charge is 0.338 e. The lowest BCUT2D eigenvalue weighted by atomic mass is 9.95. The second-order valence-electron chi connectivity index (χ2n) is 7.33. The van der Waals surface area contributed by atoms with Crippen molar-refractivity contribution in [3.8, 4) is 11.5 Å². The Hall–Kier alpha value is -4.41. The predicted octanol–water partition coefficient (Wildman–Crippen LogP) is 2.55. The van der Waals surface area contributed by atoms with Crippen molar-refractivity contribution in [2.75, 3.05) is 20.3 Å². The van der Waals surface area contributed by atoms with Crippen LogP contribution in [0.5, 0.6) is 11.5 Å². The van der Waals surface area contributed by atoms with Gasteiger partial charge in [0.2, 0.25) is 0 Å². The molecular weight excluding hydrogens is 459 g/mol. The Labute approximate surface area is 201 Å². The number of carbonyl (C=O) groups is 3. The second-order valence-corrected chi connectivity index (χ2v) is 7.33. The number of carbonyl (C=O) groups excluding carboxylic acids is 3.